The summed E-state index contributed by atoms with van der Waals surface area (Å²) in [4.78, 5) is 21.8. The van der Waals surface area contributed by atoms with Gasteiger partial charge in [0.1, 0.15) is 6.61 Å². The highest BCUT2D eigenvalue weighted by molar-refractivity contribution is 5.91. The Morgan fingerprint density at radius 1 is 1.16 bits per heavy atom. The Balaban J connectivity index is 1.76. The molecule has 1 N–H and O–H groups in total. The molecule has 0 aromatic heterocycles. The lowest BCUT2D eigenvalue weighted by molar-refractivity contribution is -0.384. The first-order chi connectivity index (χ1) is 12.1. The Morgan fingerprint density at radius 3 is 2.48 bits per heavy atom. The van der Waals surface area contributed by atoms with Crippen LogP contribution in [-0.2, 0) is 4.79 Å². The Kier molecular flexibility index (Phi) is 6.53. The van der Waals surface area contributed by atoms with Gasteiger partial charge in [-0.15, -0.1) is 0 Å². The van der Waals surface area contributed by atoms with Gasteiger partial charge in [0, 0.05) is 18.2 Å². The second-order valence-corrected chi connectivity index (χ2v) is 4.97. The Morgan fingerprint density at radius 2 is 1.84 bits per heavy atom. The zero-order valence-corrected chi connectivity index (χ0v) is 13.7. The van der Waals surface area contributed by atoms with Crippen molar-refractivity contribution in [1.82, 2.24) is 5.32 Å². The summed E-state index contributed by atoms with van der Waals surface area (Å²) in [6.45, 7) is 0.638. The summed E-state index contributed by atoms with van der Waals surface area (Å²) in [7, 11) is 1.56. The summed E-state index contributed by atoms with van der Waals surface area (Å²) in [5.74, 6) is 0.967. The van der Waals surface area contributed by atoms with Crippen molar-refractivity contribution in [3.05, 3.63) is 70.3 Å². The van der Waals surface area contributed by atoms with E-state index in [0.29, 0.717) is 30.2 Å². The van der Waals surface area contributed by atoms with Crippen LogP contribution in [0.15, 0.2) is 54.6 Å². The number of benzene rings is 2. The van der Waals surface area contributed by atoms with Gasteiger partial charge in [-0.05, 0) is 35.9 Å². The van der Waals surface area contributed by atoms with Crippen LogP contribution in [0.1, 0.15) is 5.56 Å². The predicted octanol–water partition coefficient (Wildman–Crippen LogP) is 2.81. The quantitative estimate of drug-likeness (QED) is 0.345. The number of carbonyl (C=O) groups excluding carboxylic acids is 1. The topological polar surface area (TPSA) is 90.7 Å². The van der Waals surface area contributed by atoms with Gasteiger partial charge in [-0.25, -0.2) is 0 Å². The molecule has 0 unspecified atom stereocenters. The molecular weight excluding hydrogens is 324 g/mol. The third-order valence-corrected chi connectivity index (χ3v) is 3.26. The molecule has 0 spiro atoms. The average molecular weight is 342 g/mol. The average Bonchev–Trinajstić information content (AvgIpc) is 2.64. The second kappa shape index (κ2) is 9.07. The maximum Gasteiger partial charge on any atom is 0.269 e. The number of carbonyl (C=O) groups is 1. The number of hydrogen-bond donors (Lipinski definition) is 1. The molecule has 2 rings (SSSR count). The highest BCUT2D eigenvalue weighted by Gasteiger charge is 2.04. The lowest BCUT2D eigenvalue weighted by Crippen LogP contribution is -2.26. The van der Waals surface area contributed by atoms with Gasteiger partial charge >= 0.3 is 0 Å². The molecule has 0 bridgehead atoms. The highest BCUT2D eigenvalue weighted by Crippen LogP contribution is 2.25. The van der Waals surface area contributed by atoms with E-state index in [1.807, 2.05) is 12.1 Å². The number of amides is 1. The van der Waals surface area contributed by atoms with Crippen molar-refractivity contribution < 1.29 is 19.2 Å². The van der Waals surface area contributed by atoms with E-state index in [9.17, 15) is 14.9 Å². The minimum atomic E-state index is -0.470. The molecule has 7 nitrogen and oxygen atoms in total. The number of non-ortho nitro benzene ring substituents is 1. The van der Waals surface area contributed by atoms with E-state index in [-0.39, 0.29) is 11.6 Å². The van der Waals surface area contributed by atoms with E-state index in [0.717, 1.165) is 0 Å². The molecule has 2 aromatic rings. The summed E-state index contributed by atoms with van der Waals surface area (Å²) >= 11 is 0. The van der Waals surface area contributed by atoms with Gasteiger partial charge in [-0.2, -0.15) is 0 Å². The molecule has 0 fully saturated rings. The number of nitrogens with one attached hydrogen (secondary N) is 1. The van der Waals surface area contributed by atoms with Crippen molar-refractivity contribution in [2.24, 2.45) is 0 Å². The van der Waals surface area contributed by atoms with Gasteiger partial charge in [0.2, 0.25) is 5.91 Å². The van der Waals surface area contributed by atoms with Crippen LogP contribution in [0.4, 0.5) is 5.69 Å². The molecule has 2 aromatic carbocycles. The minimum Gasteiger partial charge on any atom is -0.493 e. The first kappa shape index (κ1) is 18.0. The third kappa shape index (κ3) is 5.65. The lowest BCUT2D eigenvalue weighted by Gasteiger charge is -2.10. The van der Waals surface area contributed by atoms with E-state index in [1.54, 1.807) is 37.5 Å². The highest BCUT2D eigenvalue weighted by atomic mass is 16.6. The maximum atomic E-state index is 11.7. The molecule has 1 amide bonds. The van der Waals surface area contributed by atoms with Crippen molar-refractivity contribution in [3.63, 3.8) is 0 Å². The molecule has 0 saturated carbocycles. The molecular formula is C18H18N2O5. The fraction of sp³-hybridized carbons (Fsp3) is 0.167. The molecule has 0 aliphatic rings. The largest absolute Gasteiger partial charge is 0.493 e. The van der Waals surface area contributed by atoms with Gasteiger partial charge in [-0.1, -0.05) is 12.1 Å². The van der Waals surface area contributed by atoms with Crippen molar-refractivity contribution in [1.29, 1.82) is 0 Å². The molecule has 0 radical (unpaired) electrons. The number of nitro benzene ring substituents is 1. The monoisotopic (exact) mass is 342 g/mol. The smallest absolute Gasteiger partial charge is 0.269 e. The van der Waals surface area contributed by atoms with E-state index in [1.165, 1.54) is 18.2 Å². The predicted molar refractivity (Wildman–Crippen MR) is 93.6 cm³/mol. The van der Waals surface area contributed by atoms with Crippen LogP contribution in [0.3, 0.4) is 0 Å². The number of para-hydroxylation sites is 2. The molecule has 0 atom stereocenters. The molecule has 25 heavy (non-hydrogen) atoms. The van der Waals surface area contributed by atoms with Gasteiger partial charge < -0.3 is 14.8 Å². The second-order valence-electron chi connectivity index (χ2n) is 4.97. The minimum absolute atomic E-state index is 0.00934. The molecule has 0 aliphatic heterocycles. The van der Waals surface area contributed by atoms with Crippen LogP contribution < -0.4 is 14.8 Å². The standard InChI is InChI=1S/C18H18N2O5/c1-24-16-4-2-3-5-17(16)25-13-12-19-18(21)11-8-14-6-9-15(10-7-14)20(22)23/h2-11H,12-13H2,1H3,(H,19,21)/b11-8+. The zero-order valence-electron chi connectivity index (χ0n) is 13.7. The summed E-state index contributed by atoms with van der Waals surface area (Å²) < 4.78 is 10.7. The summed E-state index contributed by atoms with van der Waals surface area (Å²) in [5, 5.41) is 13.3. The van der Waals surface area contributed by atoms with E-state index in [4.69, 9.17) is 9.47 Å². The Hall–Kier alpha value is -3.35. The Labute approximate surface area is 145 Å². The normalized spacial score (nSPS) is 10.4. The summed E-state index contributed by atoms with van der Waals surface area (Å²) in [6, 6.07) is 13.2. The number of methoxy groups -OCH3 is 1. The lowest BCUT2D eigenvalue weighted by atomic mass is 10.2. The van der Waals surface area contributed by atoms with Gasteiger partial charge in [0.05, 0.1) is 18.6 Å². The van der Waals surface area contributed by atoms with Crippen LogP contribution in [-0.4, -0.2) is 31.1 Å². The van der Waals surface area contributed by atoms with Crippen LogP contribution in [0, 0.1) is 10.1 Å². The van der Waals surface area contributed by atoms with Crippen molar-refractivity contribution in [2.75, 3.05) is 20.3 Å². The zero-order chi connectivity index (χ0) is 18.1. The number of nitro groups is 1. The fourth-order valence-corrected chi connectivity index (χ4v) is 2.01. The summed E-state index contributed by atoms with van der Waals surface area (Å²) in [6.07, 6.45) is 2.95. The van der Waals surface area contributed by atoms with Crippen molar-refractivity contribution >= 4 is 17.7 Å². The number of rotatable bonds is 8. The summed E-state index contributed by atoms with van der Waals surface area (Å²) in [5.41, 5.74) is 0.709. The van der Waals surface area contributed by atoms with Crippen molar-refractivity contribution in [2.45, 2.75) is 0 Å². The van der Waals surface area contributed by atoms with Crippen molar-refractivity contribution in [3.8, 4) is 11.5 Å². The van der Waals surface area contributed by atoms with Crippen LogP contribution in [0.25, 0.3) is 6.08 Å². The molecule has 0 saturated heterocycles. The molecule has 7 heteroatoms. The first-order valence-corrected chi connectivity index (χ1v) is 7.56. The van der Waals surface area contributed by atoms with E-state index < -0.39 is 4.92 Å². The fourth-order valence-electron chi connectivity index (χ4n) is 2.01. The molecule has 130 valence electrons. The molecule has 0 heterocycles. The number of ether oxygens (including phenoxy) is 2. The molecule has 0 aliphatic carbocycles. The van der Waals surface area contributed by atoms with Crippen LogP contribution >= 0.6 is 0 Å². The van der Waals surface area contributed by atoms with Crippen LogP contribution in [0.2, 0.25) is 0 Å². The number of nitrogens with zero attached hydrogens (tertiary/aromatic N) is 1. The van der Waals surface area contributed by atoms with Gasteiger partial charge in [0.15, 0.2) is 11.5 Å². The first-order valence-electron chi connectivity index (χ1n) is 7.56. The van der Waals surface area contributed by atoms with E-state index >= 15 is 0 Å². The van der Waals surface area contributed by atoms with Gasteiger partial charge in [0.25, 0.3) is 5.69 Å². The number of hydrogen-bond acceptors (Lipinski definition) is 5. The third-order valence-electron chi connectivity index (χ3n) is 3.26. The van der Waals surface area contributed by atoms with Crippen LogP contribution in [0.5, 0.6) is 11.5 Å². The SMILES string of the molecule is COc1ccccc1OCCNC(=O)/C=C/c1ccc([N+](=O)[O-])cc1. The van der Waals surface area contributed by atoms with E-state index in [2.05, 4.69) is 5.32 Å². The Bertz CT molecular complexity index is 756. The van der Waals surface area contributed by atoms with Gasteiger partial charge in [-0.3, -0.25) is 14.9 Å². The maximum absolute atomic E-state index is 11.7.